The summed E-state index contributed by atoms with van der Waals surface area (Å²) >= 11 is 0. The summed E-state index contributed by atoms with van der Waals surface area (Å²) in [5, 5.41) is 3.03. The van der Waals surface area contributed by atoms with E-state index in [1.165, 1.54) is 12.1 Å². The monoisotopic (exact) mass is 485 g/mol. The highest BCUT2D eigenvalue weighted by atomic mass is 32.2. The van der Waals surface area contributed by atoms with Crippen LogP contribution >= 0.6 is 0 Å². The summed E-state index contributed by atoms with van der Waals surface area (Å²) in [6.45, 7) is 10.5. The van der Waals surface area contributed by atoms with Crippen LogP contribution in [0, 0.1) is 6.92 Å². The Labute approximate surface area is 200 Å². The van der Waals surface area contributed by atoms with Gasteiger partial charge < -0.3 is 24.1 Å². The van der Waals surface area contributed by atoms with Crippen LogP contribution in [0.15, 0.2) is 56.8 Å². The van der Waals surface area contributed by atoms with E-state index in [0.29, 0.717) is 36.8 Å². The molecule has 0 bridgehead atoms. The van der Waals surface area contributed by atoms with Crippen LogP contribution in [0.25, 0.3) is 11.5 Å². The van der Waals surface area contributed by atoms with Gasteiger partial charge in [0.2, 0.25) is 26.6 Å². The maximum absolute atomic E-state index is 13.6. The van der Waals surface area contributed by atoms with E-state index in [9.17, 15) is 8.42 Å². The Morgan fingerprint density at radius 2 is 1.71 bits per heavy atom. The molecule has 0 aliphatic carbocycles. The molecule has 0 saturated heterocycles. The Bertz CT molecular complexity index is 1220. The van der Waals surface area contributed by atoms with E-state index in [-0.39, 0.29) is 21.7 Å². The Kier molecular flexibility index (Phi) is 7.43. The van der Waals surface area contributed by atoms with Crippen LogP contribution < -0.4 is 14.8 Å². The van der Waals surface area contributed by atoms with Crippen LogP contribution in [0.5, 0.6) is 11.5 Å². The molecule has 0 atom stereocenters. The average molecular weight is 486 g/mol. The molecule has 0 spiro atoms. The van der Waals surface area contributed by atoms with Crippen LogP contribution in [-0.4, -0.2) is 57.7 Å². The molecule has 2 heterocycles. The number of sulfone groups is 1. The molecule has 34 heavy (non-hydrogen) atoms. The third-order valence-electron chi connectivity index (χ3n) is 5.80. The summed E-state index contributed by atoms with van der Waals surface area (Å²) in [6.07, 6.45) is 0.839. The normalized spacial score (nSPS) is 13.3. The summed E-state index contributed by atoms with van der Waals surface area (Å²) in [7, 11) is -3.97. The van der Waals surface area contributed by atoms with Gasteiger partial charge >= 0.3 is 0 Å². The first-order valence-corrected chi connectivity index (χ1v) is 13.1. The Morgan fingerprint density at radius 1 is 1.00 bits per heavy atom. The summed E-state index contributed by atoms with van der Waals surface area (Å²) in [4.78, 5) is 6.80. The zero-order valence-corrected chi connectivity index (χ0v) is 20.7. The number of aromatic nitrogens is 1. The second-order valence-electron chi connectivity index (χ2n) is 8.14. The summed E-state index contributed by atoms with van der Waals surface area (Å²) < 4.78 is 44.3. The highest BCUT2D eigenvalue weighted by Gasteiger charge is 2.30. The van der Waals surface area contributed by atoms with Gasteiger partial charge in [0.1, 0.15) is 13.2 Å². The minimum atomic E-state index is -3.97. The van der Waals surface area contributed by atoms with Crippen molar-refractivity contribution in [1.29, 1.82) is 0 Å². The number of rotatable bonds is 10. The van der Waals surface area contributed by atoms with Gasteiger partial charge in [0.25, 0.3) is 0 Å². The van der Waals surface area contributed by atoms with Gasteiger partial charge in [0.15, 0.2) is 11.5 Å². The number of hydrogen-bond acceptors (Lipinski definition) is 8. The molecule has 1 aliphatic heterocycles. The number of anilines is 1. The van der Waals surface area contributed by atoms with Crippen LogP contribution in [0.2, 0.25) is 0 Å². The molecule has 9 heteroatoms. The number of nitrogens with zero attached hydrogens (tertiary/aromatic N) is 2. The minimum Gasteiger partial charge on any atom is -0.486 e. The number of oxazole rings is 1. The van der Waals surface area contributed by atoms with Crippen molar-refractivity contribution in [2.24, 2.45) is 0 Å². The molecular weight excluding hydrogens is 454 g/mol. The predicted molar refractivity (Wildman–Crippen MR) is 130 cm³/mol. The first-order valence-electron chi connectivity index (χ1n) is 11.6. The van der Waals surface area contributed by atoms with E-state index >= 15 is 0 Å². The van der Waals surface area contributed by atoms with Crippen molar-refractivity contribution in [3.8, 4) is 23.0 Å². The standard InChI is InChI=1S/C25H31N3O5S/c1-4-28(5-2)14-6-13-26-24-25(27-23(33-24)19-9-7-18(3)8-10-19)34(29,30)20-11-12-21-22(17-20)32-16-15-31-21/h7-12,17,26H,4-6,13-16H2,1-3H3. The van der Waals surface area contributed by atoms with Gasteiger partial charge in [0.05, 0.1) is 4.90 Å². The quantitative estimate of drug-likeness (QED) is 0.423. The number of hydrogen-bond donors (Lipinski definition) is 1. The Morgan fingerprint density at radius 3 is 2.41 bits per heavy atom. The van der Waals surface area contributed by atoms with Gasteiger partial charge in [0, 0.05) is 18.2 Å². The van der Waals surface area contributed by atoms with Crippen molar-refractivity contribution in [2.75, 3.05) is 44.7 Å². The lowest BCUT2D eigenvalue weighted by atomic mass is 10.1. The third kappa shape index (κ3) is 5.20. The SMILES string of the molecule is CCN(CC)CCCNc1oc(-c2ccc(C)cc2)nc1S(=O)(=O)c1ccc2c(c1)OCCO2. The zero-order valence-electron chi connectivity index (χ0n) is 19.8. The smallest absolute Gasteiger partial charge is 0.233 e. The van der Waals surface area contributed by atoms with Crippen molar-refractivity contribution in [2.45, 2.75) is 37.1 Å². The highest BCUT2D eigenvalue weighted by Crippen LogP contribution is 2.37. The Hall–Kier alpha value is -3.04. The molecule has 0 unspecified atom stereocenters. The largest absolute Gasteiger partial charge is 0.486 e. The summed E-state index contributed by atoms with van der Waals surface area (Å²) in [6, 6.07) is 12.2. The molecule has 1 aromatic heterocycles. The third-order valence-corrected chi connectivity index (χ3v) is 7.46. The van der Waals surface area contributed by atoms with E-state index in [1.807, 2.05) is 31.2 Å². The number of fused-ring (bicyclic) bond motifs is 1. The minimum absolute atomic E-state index is 0.0756. The lowest BCUT2D eigenvalue weighted by molar-refractivity contribution is 0.171. The van der Waals surface area contributed by atoms with Crippen LogP contribution in [0.4, 0.5) is 5.88 Å². The van der Waals surface area contributed by atoms with Gasteiger partial charge in [-0.1, -0.05) is 31.5 Å². The molecule has 2 aromatic carbocycles. The van der Waals surface area contributed by atoms with Gasteiger partial charge in [-0.15, -0.1) is 0 Å². The number of nitrogens with one attached hydrogen (secondary N) is 1. The van der Waals surface area contributed by atoms with E-state index in [4.69, 9.17) is 13.9 Å². The molecule has 0 fully saturated rings. The van der Waals surface area contributed by atoms with Gasteiger partial charge in [-0.2, -0.15) is 4.98 Å². The second-order valence-corrected chi connectivity index (χ2v) is 10.0. The van der Waals surface area contributed by atoms with Crippen molar-refractivity contribution >= 4 is 15.7 Å². The first-order chi connectivity index (χ1) is 16.4. The van der Waals surface area contributed by atoms with Crippen molar-refractivity contribution < 1.29 is 22.3 Å². The van der Waals surface area contributed by atoms with E-state index < -0.39 is 9.84 Å². The van der Waals surface area contributed by atoms with Crippen molar-refractivity contribution in [1.82, 2.24) is 9.88 Å². The fraction of sp³-hybridized carbons (Fsp3) is 0.400. The molecule has 0 radical (unpaired) electrons. The fourth-order valence-corrected chi connectivity index (χ4v) is 5.06. The lowest BCUT2D eigenvalue weighted by Crippen LogP contribution is -2.25. The maximum atomic E-state index is 13.6. The molecule has 1 aliphatic rings. The molecule has 0 saturated carbocycles. The maximum Gasteiger partial charge on any atom is 0.233 e. The highest BCUT2D eigenvalue weighted by molar-refractivity contribution is 7.91. The molecule has 1 N–H and O–H groups in total. The van der Waals surface area contributed by atoms with Crippen LogP contribution in [0.3, 0.4) is 0 Å². The van der Waals surface area contributed by atoms with Crippen molar-refractivity contribution in [3.63, 3.8) is 0 Å². The molecular formula is C25H31N3O5S. The number of ether oxygens (including phenoxy) is 2. The van der Waals surface area contributed by atoms with E-state index in [1.54, 1.807) is 6.07 Å². The van der Waals surface area contributed by atoms with Crippen LogP contribution in [0.1, 0.15) is 25.8 Å². The van der Waals surface area contributed by atoms with Gasteiger partial charge in [-0.3, -0.25) is 0 Å². The number of aryl methyl sites for hydroxylation is 1. The van der Waals surface area contributed by atoms with Crippen molar-refractivity contribution in [3.05, 3.63) is 48.0 Å². The molecule has 182 valence electrons. The zero-order chi connectivity index (χ0) is 24.1. The second kappa shape index (κ2) is 10.5. The molecule has 3 aromatic rings. The topological polar surface area (TPSA) is 93.9 Å². The lowest BCUT2D eigenvalue weighted by Gasteiger charge is -2.18. The van der Waals surface area contributed by atoms with Crippen LogP contribution in [-0.2, 0) is 9.84 Å². The average Bonchev–Trinajstić information content (AvgIpc) is 3.29. The fourth-order valence-electron chi connectivity index (χ4n) is 3.77. The Balaban J connectivity index is 1.65. The number of benzene rings is 2. The molecule has 4 rings (SSSR count). The summed E-state index contributed by atoms with van der Waals surface area (Å²) in [5.41, 5.74) is 1.80. The van der Waals surface area contributed by atoms with Gasteiger partial charge in [-0.05, 0) is 57.2 Å². The predicted octanol–water partition coefficient (Wildman–Crippen LogP) is 4.40. The first kappa shape index (κ1) is 24.1. The summed E-state index contributed by atoms with van der Waals surface area (Å²) in [5.74, 6) is 1.33. The molecule has 0 amide bonds. The van der Waals surface area contributed by atoms with E-state index in [2.05, 4.69) is 29.0 Å². The molecule has 8 nitrogen and oxygen atoms in total. The van der Waals surface area contributed by atoms with E-state index in [0.717, 1.165) is 31.6 Å². The van der Waals surface area contributed by atoms with Gasteiger partial charge in [-0.25, -0.2) is 8.42 Å².